The van der Waals surface area contributed by atoms with E-state index in [9.17, 15) is 0 Å². The first-order chi connectivity index (χ1) is 9.27. The average Bonchev–Trinajstić information content (AvgIpc) is 2.68. The summed E-state index contributed by atoms with van der Waals surface area (Å²) in [4.78, 5) is 11.0. The number of anilines is 1. The molecule has 1 aliphatic heterocycles. The van der Waals surface area contributed by atoms with Gasteiger partial charge in [0.2, 0.25) is 0 Å². The standard InChI is InChI=1S/C13H19N5S/c1-17(10-4-2-3-6-14-8-10)12-11-5-7-18(19)13(11)16-9-15-12/h5,7,9-10,14,19H,2-4,6,8H2,1H3. The zero-order valence-corrected chi connectivity index (χ0v) is 12.0. The molecule has 1 fully saturated rings. The fourth-order valence-corrected chi connectivity index (χ4v) is 2.94. The van der Waals surface area contributed by atoms with Gasteiger partial charge in [-0.1, -0.05) is 19.2 Å². The van der Waals surface area contributed by atoms with Crippen LogP contribution in [-0.4, -0.2) is 40.1 Å². The van der Waals surface area contributed by atoms with Crippen LogP contribution in [0.3, 0.4) is 0 Å². The molecule has 1 saturated heterocycles. The Bertz CT molecular complexity index is 559. The molecule has 3 heterocycles. The van der Waals surface area contributed by atoms with Gasteiger partial charge in [0.25, 0.3) is 0 Å². The van der Waals surface area contributed by atoms with Gasteiger partial charge >= 0.3 is 0 Å². The number of aromatic nitrogens is 3. The lowest BCUT2D eigenvalue weighted by Crippen LogP contribution is -2.39. The molecule has 1 unspecified atom stereocenters. The number of hydrogen-bond donors (Lipinski definition) is 2. The summed E-state index contributed by atoms with van der Waals surface area (Å²) in [6.07, 6.45) is 7.26. The summed E-state index contributed by atoms with van der Waals surface area (Å²) in [7, 11) is 2.12. The van der Waals surface area contributed by atoms with E-state index in [4.69, 9.17) is 0 Å². The molecule has 0 radical (unpaired) electrons. The van der Waals surface area contributed by atoms with Gasteiger partial charge in [0, 0.05) is 25.8 Å². The van der Waals surface area contributed by atoms with Gasteiger partial charge in [-0.15, -0.1) is 0 Å². The summed E-state index contributed by atoms with van der Waals surface area (Å²) in [5.74, 6) is 0.992. The molecular weight excluding hydrogens is 258 g/mol. The van der Waals surface area contributed by atoms with E-state index in [-0.39, 0.29) is 0 Å². The third-order valence-corrected chi connectivity index (χ3v) is 4.17. The Balaban J connectivity index is 1.94. The quantitative estimate of drug-likeness (QED) is 0.820. The van der Waals surface area contributed by atoms with E-state index >= 15 is 0 Å². The topological polar surface area (TPSA) is 46.0 Å². The van der Waals surface area contributed by atoms with E-state index in [0.717, 1.165) is 29.9 Å². The summed E-state index contributed by atoms with van der Waals surface area (Å²) in [5.41, 5.74) is 0.863. The highest BCUT2D eigenvalue weighted by Gasteiger charge is 2.20. The summed E-state index contributed by atoms with van der Waals surface area (Å²) >= 11 is 4.36. The lowest BCUT2D eigenvalue weighted by atomic mass is 10.1. The third-order valence-electron chi connectivity index (χ3n) is 3.84. The molecule has 0 amide bonds. The SMILES string of the molecule is CN(c1ncnc2c1ccn2S)C1CCCCNC1. The molecule has 0 saturated carbocycles. The number of nitrogens with one attached hydrogen (secondary N) is 1. The molecule has 6 heteroatoms. The first-order valence-electron chi connectivity index (χ1n) is 6.72. The highest BCUT2D eigenvalue weighted by Crippen LogP contribution is 2.26. The average molecular weight is 277 g/mol. The predicted octanol–water partition coefficient (Wildman–Crippen LogP) is 1.70. The van der Waals surface area contributed by atoms with Gasteiger partial charge in [-0.2, -0.15) is 0 Å². The molecule has 2 aromatic heterocycles. The molecule has 5 nitrogen and oxygen atoms in total. The van der Waals surface area contributed by atoms with Gasteiger partial charge in [0.05, 0.1) is 5.39 Å². The highest BCUT2D eigenvalue weighted by molar-refractivity contribution is 7.78. The fourth-order valence-electron chi connectivity index (χ4n) is 2.71. The fraction of sp³-hybridized carbons (Fsp3) is 0.538. The molecule has 0 aliphatic carbocycles. The maximum absolute atomic E-state index is 4.47. The van der Waals surface area contributed by atoms with Crippen molar-refractivity contribution >= 4 is 29.7 Å². The highest BCUT2D eigenvalue weighted by atomic mass is 32.1. The summed E-state index contributed by atoms with van der Waals surface area (Å²) in [5, 5.41) is 4.56. The second-order valence-electron chi connectivity index (χ2n) is 5.06. The Hall–Kier alpha value is -1.27. The van der Waals surface area contributed by atoms with Crippen LogP contribution >= 0.6 is 12.8 Å². The van der Waals surface area contributed by atoms with Gasteiger partial charge in [-0.05, 0) is 25.5 Å². The Kier molecular flexibility index (Phi) is 3.61. The molecule has 1 aliphatic rings. The van der Waals surface area contributed by atoms with Crippen LogP contribution in [0.1, 0.15) is 19.3 Å². The van der Waals surface area contributed by atoms with Crippen LogP contribution < -0.4 is 10.2 Å². The minimum atomic E-state index is 0.490. The second-order valence-corrected chi connectivity index (χ2v) is 5.49. The summed E-state index contributed by atoms with van der Waals surface area (Å²) < 4.78 is 1.74. The molecule has 3 rings (SSSR count). The molecule has 19 heavy (non-hydrogen) atoms. The number of likely N-dealkylation sites (N-methyl/N-ethyl adjacent to an activating group) is 1. The molecule has 102 valence electrons. The molecular formula is C13H19N5S. The maximum atomic E-state index is 4.47. The number of nitrogens with zero attached hydrogens (tertiary/aromatic N) is 4. The smallest absolute Gasteiger partial charge is 0.155 e. The third kappa shape index (κ3) is 2.42. The molecule has 0 aromatic carbocycles. The Morgan fingerprint density at radius 1 is 1.42 bits per heavy atom. The van der Waals surface area contributed by atoms with Crippen LogP contribution in [0.25, 0.3) is 11.0 Å². The summed E-state index contributed by atoms with van der Waals surface area (Å²) in [6, 6.07) is 2.52. The van der Waals surface area contributed by atoms with E-state index in [1.165, 1.54) is 19.3 Å². The zero-order valence-electron chi connectivity index (χ0n) is 11.1. The minimum Gasteiger partial charge on any atom is -0.355 e. The van der Waals surface area contributed by atoms with Gasteiger partial charge < -0.3 is 10.2 Å². The first-order valence-corrected chi connectivity index (χ1v) is 7.12. The van der Waals surface area contributed by atoms with Crippen LogP contribution in [0, 0.1) is 0 Å². The van der Waals surface area contributed by atoms with E-state index in [0.29, 0.717) is 6.04 Å². The van der Waals surface area contributed by atoms with Crippen LogP contribution in [-0.2, 0) is 0 Å². The van der Waals surface area contributed by atoms with Crippen molar-refractivity contribution in [3.05, 3.63) is 18.6 Å². The number of fused-ring (bicyclic) bond motifs is 1. The van der Waals surface area contributed by atoms with Crippen molar-refractivity contribution in [2.75, 3.05) is 25.0 Å². The number of thiol groups is 1. The Labute approximate surface area is 118 Å². The molecule has 1 N–H and O–H groups in total. The van der Waals surface area contributed by atoms with Gasteiger partial charge in [-0.3, -0.25) is 3.97 Å². The second kappa shape index (κ2) is 5.38. The van der Waals surface area contributed by atoms with Crippen LogP contribution in [0.4, 0.5) is 5.82 Å². The number of hydrogen-bond acceptors (Lipinski definition) is 5. The molecule has 0 bridgehead atoms. The van der Waals surface area contributed by atoms with Crippen LogP contribution in [0.15, 0.2) is 18.6 Å². The lowest BCUT2D eigenvalue weighted by molar-refractivity contribution is 0.567. The molecule has 2 aromatic rings. The van der Waals surface area contributed by atoms with Crippen molar-refractivity contribution in [3.63, 3.8) is 0 Å². The normalized spacial score (nSPS) is 20.4. The number of rotatable bonds is 2. The van der Waals surface area contributed by atoms with Gasteiger partial charge in [-0.25, -0.2) is 9.97 Å². The predicted molar refractivity (Wildman–Crippen MR) is 80.8 cm³/mol. The first kappa shape index (κ1) is 12.7. The van der Waals surface area contributed by atoms with Crippen molar-refractivity contribution in [3.8, 4) is 0 Å². The van der Waals surface area contributed by atoms with Crippen molar-refractivity contribution < 1.29 is 0 Å². The largest absolute Gasteiger partial charge is 0.355 e. The lowest BCUT2D eigenvalue weighted by Gasteiger charge is -2.28. The Morgan fingerprint density at radius 2 is 2.32 bits per heavy atom. The van der Waals surface area contributed by atoms with Gasteiger partial charge in [0.1, 0.15) is 12.1 Å². The zero-order chi connectivity index (χ0) is 13.2. The monoisotopic (exact) mass is 277 g/mol. The molecule has 1 atom stereocenters. The Morgan fingerprint density at radius 3 is 3.21 bits per heavy atom. The molecule has 0 spiro atoms. The van der Waals surface area contributed by atoms with Crippen LogP contribution in [0.5, 0.6) is 0 Å². The van der Waals surface area contributed by atoms with Crippen molar-refractivity contribution in [2.45, 2.75) is 25.3 Å². The van der Waals surface area contributed by atoms with Crippen LogP contribution in [0.2, 0.25) is 0 Å². The maximum Gasteiger partial charge on any atom is 0.155 e. The van der Waals surface area contributed by atoms with Crippen molar-refractivity contribution in [1.82, 2.24) is 19.3 Å². The van der Waals surface area contributed by atoms with E-state index in [2.05, 4.69) is 40.0 Å². The van der Waals surface area contributed by atoms with Crippen molar-refractivity contribution in [1.29, 1.82) is 0 Å². The van der Waals surface area contributed by atoms with Gasteiger partial charge in [0.15, 0.2) is 5.65 Å². The van der Waals surface area contributed by atoms with E-state index < -0.39 is 0 Å². The van der Waals surface area contributed by atoms with E-state index in [1.54, 1.807) is 10.3 Å². The van der Waals surface area contributed by atoms with Crippen molar-refractivity contribution in [2.24, 2.45) is 0 Å². The summed E-state index contributed by atoms with van der Waals surface area (Å²) in [6.45, 7) is 2.14. The minimum absolute atomic E-state index is 0.490. The van der Waals surface area contributed by atoms with E-state index in [1.807, 2.05) is 12.3 Å².